The van der Waals surface area contributed by atoms with Crippen LogP contribution in [0, 0.1) is 5.82 Å². The number of tetrazole rings is 1. The minimum atomic E-state index is -0.405. The minimum absolute atomic E-state index is 0.00406. The van der Waals surface area contributed by atoms with E-state index in [1.54, 1.807) is 28.6 Å². The maximum absolute atomic E-state index is 14.1. The zero-order valence-electron chi connectivity index (χ0n) is 17.1. The van der Waals surface area contributed by atoms with Crippen LogP contribution in [0.2, 0.25) is 5.02 Å². The molecule has 1 N–H and O–H groups in total. The number of aryl methyl sites for hydroxylation is 1. The van der Waals surface area contributed by atoms with E-state index in [9.17, 15) is 4.39 Å². The fraction of sp³-hybridized carbons (Fsp3) is 0.350. The van der Waals surface area contributed by atoms with Crippen molar-refractivity contribution >= 4 is 39.3 Å². The lowest BCUT2D eigenvalue weighted by atomic mass is 10.2. The molecule has 0 aliphatic rings. The van der Waals surface area contributed by atoms with E-state index in [0.29, 0.717) is 35.2 Å². The first-order chi connectivity index (χ1) is 15.0. The van der Waals surface area contributed by atoms with Crippen LogP contribution in [-0.2, 0) is 20.2 Å². The number of halogens is 3. The second-order valence-electron chi connectivity index (χ2n) is 6.44. The summed E-state index contributed by atoms with van der Waals surface area (Å²) in [6.45, 7) is 3.80. The summed E-state index contributed by atoms with van der Waals surface area (Å²) in [4.78, 5) is 0. The molecule has 0 fully saturated rings. The van der Waals surface area contributed by atoms with Gasteiger partial charge in [0.25, 0.3) is 0 Å². The lowest BCUT2D eigenvalue weighted by Gasteiger charge is -2.16. The Labute approximate surface area is 197 Å². The molecule has 0 saturated heterocycles. The van der Waals surface area contributed by atoms with Crippen molar-refractivity contribution in [2.75, 3.05) is 18.9 Å². The molecule has 11 heteroatoms. The van der Waals surface area contributed by atoms with Gasteiger partial charge in [0.1, 0.15) is 12.4 Å². The third-order valence-corrected chi connectivity index (χ3v) is 6.17. The van der Waals surface area contributed by atoms with E-state index in [1.165, 1.54) is 6.07 Å². The van der Waals surface area contributed by atoms with Crippen molar-refractivity contribution in [1.82, 2.24) is 25.5 Å². The summed E-state index contributed by atoms with van der Waals surface area (Å²) >= 11 is 11.2. The van der Waals surface area contributed by atoms with Crippen LogP contribution in [0.4, 0.5) is 4.39 Å². The smallest absolute Gasteiger partial charge is 0.209 e. The molecule has 0 atom stereocenters. The summed E-state index contributed by atoms with van der Waals surface area (Å²) in [6.07, 6.45) is 0. The van der Waals surface area contributed by atoms with Gasteiger partial charge in [0.05, 0.1) is 16.1 Å². The zero-order chi connectivity index (χ0) is 22.2. The molecule has 1 aromatic heterocycles. The van der Waals surface area contributed by atoms with E-state index in [0.717, 1.165) is 27.5 Å². The summed E-state index contributed by atoms with van der Waals surface area (Å²) in [5.74, 6) is 1.52. The van der Waals surface area contributed by atoms with Gasteiger partial charge >= 0.3 is 0 Å². The predicted molar refractivity (Wildman–Crippen MR) is 122 cm³/mol. The van der Waals surface area contributed by atoms with Gasteiger partial charge in [-0.2, -0.15) is 0 Å². The van der Waals surface area contributed by atoms with Crippen LogP contribution in [-0.4, -0.2) is 39.1 Å². The molecule has 3 aromatic rings. The van der Waals surface area contributed by atoms with Gasteiger partial charge in [-0.1, -0.05) is 29.4 Å². The molecule has 3 rings (SSSR count). The fourth-order valence-corrected chi connectivity index (χ4v) is 4.30. The van der Waals surface area contributed by atoms with E-state index >= 15 is 0 Å². The Kier molecular flexibility index (Phi) is 8.94. The van der Waals surface area contributed by atoms with Crippen LogP contribution in [0.3, 0.4) is 0 Å². The first-order valence-corrected chi connectivity index (χ1v) is 11.7. The number of hydrogen-bond donors (Lipinski definition) is 1. The third-order valence-electron chi connectivity index (χ3n) is 4.21. The highest BCUT2D eigenvalue weighted by atomic mass is 79.9. The SMILES string of the molecule is CCOc1cc(CNCCSc2nnnn2C)cc(Br)c1OCc1c(F)cccc1Cl. The first kappa shape index (κ1) is 23.8. The molecule has 0 spiro atoms. The molecule has 31 heavy (non-hydrogen) atoms. The standard InChI is InChI=1S/C20H22BrClFN5O2S/c1-3-29-18-10-13(11-24-7-8-31-20-25-26-27-28(20)2)9-15(21)19(18)30-12-14-16(22)5-4-6-17(14)23/h4-6,9-10,24H,3,7-8,11-12H2,1-2H3. The molecule has 7 nitrogen and oxygen atoms in total. The lowest BCUT2D eigenvalue weighted by molar-refractivity contribution is 0.264. The molecule has 0 unspecified atom stereocenters. The normalized spacial score (nSPS) is 11.0. The maximum Gasteiger partial charge on any atom is 0.209 e. The molecule has 1 heterocycles. The summed E-state index contributed by atoms with van der Waals surface area (Å²) in [6, 6.07) is 8.42. The Bertz CT molecular complexity index is 1000. The van der Waals surface area contributed by atoms with E-state index in [4.69, 9.17) is 21.1 Å². The highest BCUT2D eigenvalue weighted by Gasteiger charge is 2.15. The number of benzene rings is 2. The van der Waals surface area contributed by atoms with Crippen LogP contribution in [0.25, 0.3) is 0 Å². The molecule has 2 aromatic carbocycles. The van der Waals surface area contributed by atoms with Crippen molar-refractivity contribution in [2.45, 2.75) is 25.2 Å². The van der Waals surface area contributed by atoms with Gasteiger partial charge in [-0.25, -0.2) is 9.07 Å². The number of nitrogens with zero attached hydrogens (tertiary/aromatic N) is 4. The molecule has 0 bridgehead atoms. The lowest BCUT2D eigenvalue weighted by Crippen LogP contribution is -2.17. The summed E-state index contributed by atoms with van der Waals surface area (Å²) in [5, 5.41) is 15.9. The number of rotatable bonds is 11. The Morgan fingerprint density at radius 3 is 2.84 bits per heavy atom. The first-order valence-electron chi connectivity index (χ1n) is 9.56. The van der Waals surface area contributed by atoms with Crippen LogP contribution < -0.4 is 14.8 Å². The summed E-state index contributed by atoms with van der Waals surface area (Å²) < 4.78 is 28.1. The molecular weight excluding hydrogens is 509 g/mol. The van der Waals surface area contributed by atoms with Gasteiger partial charge in [-0.15, -0.1) is 5.10 Å². The van der Waals surface area contributed by atoms with E-state index in [1.807, 2.05) is 26.1 Å². The van der Waals surface area contributed by atoms with Gasteiger partial charge in [0.15, 0.2) is 11.5 Å². The van der Waals surface area contributed by atoms with E-state index < -0.39 is 5.82 Å². The number of thioether (sulfide) groups is 1. The molecule has 0 radical (unpaired) electrons. The van der Waals surface area contributed by atoms with Gasteiger partial charge in [0.2, 0.25) is 5.16 Å². The van der Waals surface area contributed by atoms with Crippen LogP contribution >= 0.6 is 39.3 Å². The van der Waals surface area contributed by atoms with Gasteiger partial charge in [-0.3, -0.25) is 0 Å². The van der Waals surface area contributed by atoms with Gasteiger partial charge in [0, 0.05) is 31.5 Å². The second-order valence-corrected chi connectivity index (χ2v) is 8.76. The van der Waals surface area contributed by atoms with Gasteiger partial charge in [-0.05, 0) is 63.1 Å². The monoisotopic (exact) mass is 529 g/mol. The highest BCUT2D eigenvalue weighted by Crippen LogP contribution is 2.38. The second kappa shape index (κ2) is 11.7. The predicted octanol–water partition coefficient (Wildman–Crippen LogP) is 4.62. The number of nitrogens with one attached hydrogen (secondary N) is 1. The minimum Gasteiger partial charge on any atom is -0.490 e. The van der Waals surface area contributed by atoms with Crippen molar-refractivity contribution in [3.8, 4) is 11.5 Å². The maximum atomic E-state index is 14.1. The Hall–Kier alpha value is -1.88. The van der Waals surface area contributed by atoms with Crippen LogP contribution in [0.5, 0.6) is 11.5 Å². The van der Waals surface area contributed by atoms with Crippen LogP contribution in [0.1, 0.15) is 18.1 Å². The van der Waals surface area contributed by atoms with Crippen molar-refractivity contribution < 1.29 is 13.9 Å². The van der Waals surface area contributed by atoms with Crippen molar-refractivity contribution in [3.63, 3.8) is 0 Å². The molecule has 0 aliphatic heterocycles. The molecule has 0 saturated carbocycles. The molecular formula is C20H22BrClFN5O2S. The van der Waals surface area contributed by atoms with Crippen molar-refractivity contribution in [1.29, 1.82) is 0 Å². The number of ether oxygens (including phenoxy) is 2. The van der Waals surface area contributed by atoms with E-state index in [2.05, 4.69) is 36.8 Å². The molecule has 0 aliphatic carbocycles. The largest absolute Gasteiger partial charge is 0.490 e. The van der Waals surface area contributed by atoms with Gasteiger partial charge < -0.3 is 14.8 Å². The molecule has 0 amide bonds. The highest BCUT2D eigenvalue weighted by molar-refractivity contribution is 9.10. The van der Waals surface area contributed by atoms with E-state index in [-0.39, 0.29) is 6.61 Å². The summed E-state index contributed by atoms with van der Waals surface area (Å²) in [5.41, 5.74) is 1.33. The van der Waals surface area contributed by atoms with Crippen molar-refractivity contribution in [3.05, 3.63) is 56.8 Å². The molecule has 166 valence electrons. The van der Waals surface area contributed by atoms with Crippen molar-refractivity contribution in [2.24, 2.45) is 7.05 Å². The average Bonchev–Trinajstić information content (AvgIpc) is 3.14. The number of hydrogen-bond acceptors (Lipinski definition) is 7. The topological polar surface area (TPSA) is 74.1 Å². The summed E-state index contributed by atoms with van der Waals surface area (Å²) in [7, 11) is 1.81. The Balaban J connectivity index is 1.60. The third kappa shape index (κ3) is 6.55. The Morgan fingerprint density at radius 1 is 1.29 bits per heavy atom. The number of aromatic nitrogens is 4. The zero-order valence-corrected chi connectivity index (χ0v) is 20.2. The van der Waals surface area contributed by atoms with Crippen LogP contribution in [0.15, 0.2) is 40.0 Å². The fourth-order valence-electron chi connectivity index (χ4n) is 2.73. The quantitative estimate of drug-likeness (QED) is 0.286. The Morgan fingerprint density at radius 2 is 2.13 bits per heavy atom. The average molecular weight is 531 g/mol.